The SMILES string of the molecule is c1ccc(C(c2ccccc2)c2cccc(C(c3cccc(-c4ccc5sc6ccc(N(c7ccccc7)c7cccc8ccccc78)cc6c5c4)c3)c3ccc4sc5ccccc5c4c3)c2)cc1. The van der Waals surface area contributed by atoms with Crippen LogP contribution < -0.4 is 4.90 Å². The molecule has 0 aliphatic rings. The number of benzene rings is 11. The van der Waals surface area contributed by atoms with Gasteiger partial charge in [0.2, 0.25) is 0 Å². The summed E-state index contributed by atoms with van der Waals surface area (Å²) < 4.78 is 5.21. The maximum Gasteiger partial charge on any atom is 0.0540 e. The Morgan fingerprint density at radius 2 is 0.739 bits per heavy atom. The van der Waals surface area contributed by atoms with Crippen molar-refractivity contribution in [1.82, 2.24) is 0 Å². The average Bonchev–Trinajstić information content (AvgIpc) is 3.98. The van der Waals surface area contributed by atoms with Gasteiger partial charge in [0.25, 0.3) is 0 Å². The fourth-order valence-electron chi connectivity index (χ4n) is 10.7. The Balaban J connectivity index is 0.947. The molecular weight excluding hydrogens is 871 g/mol. The third kappa shape index (κ3) is 7.57. The number of anilines is 3. The molecule has 0 fully saturated rings. The lowest BCUT2D eigenvalue weighted by atomic mass is 9.80. The van der Waals surface area contributed by atoms with E-state index in [-0.39, 0.29) is 11.8 Å². The topological polar surface area (TPSA) is 3.24 Å². The van der Waals surface area contributed by atoms with Crippen molar-refractivity contribution in [2.24, 2.45) is 0 Å². The molecule has 11 aromatic carbocycles. The van der Waals surface area contributed by atoms with Gasteiger partial charge in [0.1, 0.15) is 0 Å². The lowest BCUT2D eigenvalue weighted by Gasteiger charge is -2.27. The van der Waals surface area contributed by atoms with Gasteiger partial charge in [0.15, 0.2) is 0 Å². The normalized spacial score (nSPS) is 12.1. The van der Waals surface area contributed by atoms with Gasteiger partial charge in [-0.15, -0.1) is 22.7 Å². The van der Waals surface area contributed by atoms with Crippen LogP contribution in [0.4, 0.5) is 17.1 Å². The fourth-order valence-corrected chi connectivity index (χ4v) is 12.8. The van der Waals surface area contributed by atoms with Crippen molar-refractivity contribution in [2.45, 2.75) is 11.8 Å². The zero-order valence-electron chi connectivity index (χ0n) is 37.7. The summed E-state index contributed by atoms with van der Waals surface area (Å²) in [5.41, 5.74) is 13.6. The minimum absolute atomic E-state index is 0.00790. The highest BCUT2D eigenvalue weighted by molar-refractivity contribution is 7.26. The molecule has 2 heterocycles. The summed E-state index contributed by atoms with van der Waals surface area (Å²) in [6.45, 7) is 0. The molecule has 0 radical (unpaired) electrons. The van der Waals surface area contributed by atoms with Crippen molar-refractivity contribution in [3.8, 4) is 11.1 Å². The molecule has 13 rings (SSSR count). The van der Waals surface area contributed by atoms with Crippen LogP contribution in [0.5, 0.6) is 0 Å². The minimum Gasteiger partial charge on any atom is -0.310 e. The van der Waals surface area contributed by atoms with Crippen LogP contribution in [-0.4, -0.2) is 0 Å². The third-order valence-corrected chi connectivity index (χ3v) is 16.2. The summed E-state index contributed by atoms with van der Waals surface area (Å²) in [6.07, 6.45) is 0. The smallest absolute Gasteiger partial charge is 0.0540 e. The van der Waals surface area contributed by atoms with Crippen LogP contribution in [0.1, 0.15) is 45.2 Å². The van der Waals surface area contributed by atoms with Gasteiger partial charge >= 0.3 is 0 Å². The van der Waals surface area contributed by atoms with E-state index in [4.69, 9.17) is 0 Å². The Morgan fingerprint density at radius 1 is 0.261 bits per heavy atom. The van der Waals surface area contributed by atoms with Crippen LogP contribution in [-0.2, 0) is 0 Å². The molecular formula is C66H45NS2. The Kier molecular flexibility index (Phi) is 10.5. The Hall–Kier alpha value is -8.08. The second kappa shape index (κ2) is 17.5. The van der Waals surface area contributed by atoms with Gasteiger partial charge in [-0.25, -0.2) is 0 Å². The standard InChI is InChI=1S/C66H45NS2/c1-4-18-45(19-5-1)65(46-20-6-2-7-21-46)50-25-15-26-51(40-50)66(52-34-37-62-57(42-52)56-30-12-13-32-61(56)68-62)49-24-14-23-47(39-49)48-33-36-63-58(41-48)59-43-54(35-38-64(59)69-63)67(53-27-8-3-9-28-53)60-31-16-22-44-17-10-11-29-55(44)60/h1-43,65-66H. The molecule has 0 aliphatic carbocycles. The van der Waals surface area contributed by atoms with Crippen molar-refractivity contribution in [2.75, 3.05) is 4.90 Å². The molecule has 326 valence electrons. The van der Waals surface area contributed by atoms with E-state index in [0.29, 0.717) is 0 Å². The molecule has 3 heteroatoms. The molecule has 1 nitrogen and oxygen atoms in total. The first-order valence-corrected chi connectivity index (χ1v) is 25.3. The maximum absolute atomic E-state index is 2.47. The van der Waals surface area contributed by atoms with E-state index < -0.39 is 0 Å². The molecule has 2 aromatic heterocycles. The fraction of sp³-hybridized carbons (Fsp3) is 0.0303. The van der Waals surface area contributed by atoms with E-state index >= 15 is 0 Å². The van der Waals surface area contributed by atoms with Crippen molar-refractivity contribution >= 4 is 90.9 Å². The highest BCUT2D eigenvalue weighted by atomic mass is 32.1. The summed E-state index contributed by atoms with van der Waals surface area (Å²) in [4.78, 5) is 2.41. The van der Waals surface area contributed by atoms with E-state index in [1.165, 1.54) is 95.6 Å². The van der Waals surface area contributed by atoms with Crippen LogP contribution in [0.15, 0.2) is 261 Å². The predicted octanol–water partition coefficient (Wildman–Crippen LogP) is 19.1. The molecule has 0 saturated heterocycles. The summed E-state index contributed by atoms with van der Waals surface area (Å²) >= 11 is 3.74. The molecule has 0 aliphatic heterocycles. The van der Waals surface area contributed by atoms with Gasteiger partial charge in [0, 0.05) is 68.9 Å². The van der Waals surface area contributed by atoms with Crippen LogP contribution >= 0.6 is 22.7 Å². The Morgan fingerprint density at radius 3 is 1.48 bits per heavy atom. The summed E-state index contributed by atoms with van der Waals surface area (Å²) in [5, 5.41) is 7.63. The zero-order chi connectivity index (χ0) is 45.7. The lowest BCUT2D eigenvalue weighted by molar-refractivity contribution is 0.941. The molecule has 1 unspecified atom stereocenters. The van der Waals surface area contributed by atoms with Crippen LogP contribution in [0.25, 0.3) is 62.2 Å². The van der Waals surface area contributed by atoms with E-state index in [0.717, 1.165) is 17.1 Å². The van der Waals surface area contributed by atoms with Gasteiger partial charge in [-0.2, -0.15) is 0 Å². The van der Waals surface area contributed by atoms with E-state index in [9.17, 15) is 0 Å². The van der Waals surface area contributed by atoms with Crippen LogP contribution in [0, 0.1) is 0 Å². The summed E-state index contributed by atoms with van der Waals surface area (Å²) in [5.74, 6) is 0.0913. The van der Waals surface area contributed by atoms with Gasteiger partial charge in [-0.1, -0.05) is 194 Å². The van der Waals surface area contributed by atoms with Gasteiger partial charge < -0.3 is 4.90 Å². The Bertz CT molecular complexity index is 3940. The number of nitrogens with zero attached hydrogens (tertiary/aromatic N) is 1. The average molecular weight is 916 g/mol. The largest absolute Gasteiger partial charge is 0.310 e. The van der Waals surface area contributed by atoms with Gasteiger partial charge in [-0.05, 0) is 117 Å². The van der Waals surface area contributed by atoms with Gasteiger partial charge in [0.05, 0.1) is 5.69 Å². The van der Waals surface area contributed by atoms with E-state index in [1.54, 1.807) is 0 Å². The van der Waals surface area contributed by atoms with Crippen molar-refractivity contribution in [3.05, 3.63) is 294 Å². The number of hydrogen-bond donors (Lipinski definition) is 0. The van der Waals surface area contributed by atoms with Crippen molar-refractivity contribution in [1.29, 1.82) is 0 Å². The second-order valence-corrected chi connectivity index (χ2v) is 20.2. The monoisotopic (exact) mass is 915 g/mol. The van der Waals surface area contributed by atoms with Crippen molar-refractivity contribution < 1.29 is 0 Å². The van der Waals surface area contributed by atoms with Crippen molar-refractivity contribution in [3.63, 3.8) is 0 Å². The first-order chi connectivity index (χ1) is 34.2. The van der Waals surface area contributed by atoms with Gasteiger partial charge in [-0.3, -0.25) is 0 Å². The minimum atomic E-state index is -0.00790. The third-order valence-electron chi connectivity index (χ3n) is 13.9. The Labute approximate surface area is 410 Å². The number of thiophene rings is 2. The molecule has 0 spiro atoms. The molecule has 0 N–H and O–H groups in total. The number of para-hydroxylation sites is 1. The summed E-state index contributed by atoms with van der Waals surface area (Å²) in [6, 6.07) is 96.7. The molecule has 1 atom stereocenters. The van der Waals surface area contributed by atoms with E-state index in [1.807, 2.05) is 22.7 Å². The number of fused-ring (bicyclic) bond motifs is 7. The number of rotatable bonds is 10. The highest BCUT2D eigenvalue weighted by Gasteiger charge is 2.23. The quantitative estimate of drug-likeness (QED) is 0.124. The molecule has 0 saturated carbocycles. The van der Waals surface area contributed by atoms with E-state index in [2.05, 4.69) is 266 Å². The number of hydrogen-bond acceptors (Lipinski definition) is 3. The first-order valence-electron chi connectivity index (χ1n) is 23.7. The molecule has 0 amide bonds. The maximum atomic E-state index is 2.47. The zero-order valence-corrected chi connectivity index (χ0v) is 39.4. The molecule has 69 heavy (non-hydrogen) atoms. The highest BCUT2D eigenvalue weighted by Crippen LogP contribution is 2.45. The predicted molar refractivity (Wildman–Crippen MR) is 298 cm³/mol. The summed E-state index contributed by atoms with van der Waals surface area (Å²) in [7, 11) is 0. The second-order valence-electron chi connectivity index (χ2n) is 18.0. The lowest BCUT2D eigenvalue weighted by Crippen LogP contribution is -2.10. The first kappa shape index (κ1) is 41.1. The van der Waals surface area contributed by atoms with Crippen LogP contribution in [0.2, 0.25) is 0 Å². The van der Waals surface area contributed by atoms with Crippen LogP contribution in [0.3, 0.4) is 0 Å². The molecule has 0 bridgehead atoms. The molecule has 13 aromatic rings.